The van der Waals surface area contributed by atoms with Crippen LogP contribution in [-0.2, 0) is 16.6 Å². The largest absolute Gasteiger partial charge is 0.310 e. The van der Waals surface area contributed by atoms with Gasteiger partial charge in [-0.2, -0.15) is 4.31 Å². The van der Waals surface area contributed by atoms with Crippen LogP contribution in [0.25, 0.3) is 0 Å². The maximum atomic E-state index is 12.8. The predicted molar refractivity (Wildman–Crippen MR) is 83.6 cm³/mol. The molecule has 21 heavy (non-hydrogen) atoms. The number of nitrogens with zero attached hydrogens (tertiary/aromatic N) is 1. The lowest BCUT2D eigenvalue weighted by Crippen LogP contribution is -2.34. The van der Waals surface area contributed by atoms with Gasteiger partial charge in [-0.25, -0.2) is 8.42 Å². The highest BCUT2D eigenvalue weighted by Crippen LogP contribution is 2.25. The molecule has 4 nitrogen and oxygen atoms in total. The van der Waals surface area contributed by atoms with Crippen LogP contribution in [0, 0.1) is 6.92 Å². The van der Waals surface area contributed by atoms with Crippen molar-refractivity contribution in [1.29, 1.82) is 0 Å². The van der Waals surface area contributed by atoms with Gasteiger partial charge in [-0.15, -0.1) is 0 Å². The van der Waals surface area contributed by atoms with Gasteiger partial charge in [0.2, 0.25) is 10.0 Å². The summed E-state index contributed by atoms with van der Waals surface area (Å²) in [7, 11) is -3.38. The molecule has 2 aliphatic rings. The van der Waals surface area contributed by atoms with Crippen LogP contribution in [0.5, 0.6) is 0 Å². The zero-order valence-corrected chi connectivity index (χ0v) is 13.2. The third-order valence-corrected chi connectivity index (χ3v) is 6.20. The molecule has 5 heteroatoms. The van der Waals surface area contributed by atoms with Crippen molar-refractivity contribution in [3.05, 3.63) is 41.5 Å². The van der Waals surface area contributed by atoms with Crippen LogP contribution < -0.4 is 5.32 Å². The van der Waals surface area contributed by atoms with Crippen molar-refractivity contribution in [2.75, 3.05) is 13.1 Å². The highest BCUT2D eigenvalue weighted by atomic mass is 32.2. The molecule has 0 radical (unpaired) electrons. The van der Waals surface area contributed by atoms with Crippen LogP contribution in [0.4, 0.5) is 0 Å². The van der Waals surface area contributed by atoms with E-state index in [1.165, 1.54) is 12.8 Å². The van der Waals surface area contributed by atoms with E-state index in [1.54, 1.807) is 10.4 Å². The molecule has 1 N–H and O–H groups in total. The molecule has 1 aliphatic carbocycles. The third-order valence-electron chi connectivity index (χ3n) is 4.19. The number of rotatable bonds is 5. The van der Waals surface area contributed by atoms with Crippen LogP contribution >= 0.6 is 0 Å². The summed E-state index contributed by atoms with van der Waals surface area (Å²) in [6.07, 6.45) is 7.22. The molecule has 114 valence electrons. The van der Waals surface area contributed by atoms with Gasteiger partial charge < -0.3 is 5.32 Å². The summed E-state index contributed by atoms with van der Waals surface area (Å²) in [6.45, 7) is 3.71. The number of hydrogen-bond donors (Lipinski definition) is 1. The van der Waals surface area contributed by atoms with Crippen molar-refractivity contribution in [2.24, 2.45) is 0 Å². The van der Waals surface area contributed by atoms with E-state index >= 15 is 0 Å². The lowest BCUT2D eigenvalue weighted by atomic mass is 10.1. The molecule has 3 rings (SSSR count). The van der Waals surface area contributed by atoms with Gasteiger partial charge >= 0.3 is 0 Å². The van der Waals surface area contributed by atoms with Crippen LogP contribution in [0.15, 0.2) is 35.2 Å². The van der Waals surface area contributed by atoms with Crippen molar-refractivity contribution in [2.45, 2.75) is 43.7 Å². The standard InChI is InChI=1S/C16H22N2O2S/c1-13-14(12-17-15-8-9-15)6-5-7-16(13)21(19,20)18-10-3-2-4-11-18/h2-3,5-7,15,17H,4,8-12H2,1H3. The minimum Gasteiger partial charge on any atom is -0.310 e. The van der Waals surface area contributed by atoms with Crippen molar-refractivity contribution in [3.8, 4) is 0 Å². The lowest BCUT2D eigenvalue weighted by molar-refractivity contribution is 0.437. The van der Waals surface area contributed by atoms with Crippen LogP contribution in [0.3, 0.4) is 0 Å². The van der Waals surface area contributed by atoms with Crippen molar-refractivity contribution >= 4 is 10.0 Å². The van der Waals surface area contributed by atoms with Crippen LogP contribution in [-0.4, -0.2) is 31.9 Å². The molecule has 0 amide bonds. The van der Waals surface area contributed by atoms with E-state index in [4.69, 9.17) is 0 Å². The van der Waals surface area contributed by atoms with Crippen LogP contribution in [0.2, 0.25) is 0 Å². The summed E-state index contributed by atoms with van der Waals surface area (Å²) in [5, 5.41) is 3.45. The van der Waals surface area contributed by atoms with E-state index < -0.39 is 10.0 Å². The molecule has 0 spiro atoms. The quantitative estimate of drug-likeness (QED) is 0.849. The second kappa shape index (κ2) is 5.91. The Bertz CT molecular complexity index is 648. The predicted octanol–water partition coefficient (Wildman–Crippen LogP) is 2.20. The summed E-state index contributed by atoms with van der Waals surface area (Å²) in [4.78, 5) is 0.452. The molecule has 1 heterocycles. The molecule has 0 aromatic heterocycles. The zero-order valence-electron chi connectivity index (χ0n) is 12.4. The fourth-order valence-electron chi connectivity index (χ4n) is 2.65. The van der Waals surface area contributed by atoms with Crippen molar-refractivity contribution in [1.82, 2.24) is 9.62 Å². The Morgan fingerprint density at radius 2 is 2.10 bits per heavy atom. The average molecular weight is 306 g/mol. The van der Waals surface area contributed by atoms with E-state index in [9.17, 15) is 8.42 Å². The minimum absolute atomic E-state index is 0.452. The normalized spacial score (nSPS) is 19.9. The van der Waals surface area contributed by atoms with E-state index in [-0.39, 0.29) is 0 Å². The van der Waals surface area contributed by atoms with E-state index in [1.807, 2.05) is 31.2 Å². The average Bonchev–Trinajstić information content (AvgIpc) is 3.31. The van der Waals surface area contributed by atoms with Gasteiger partial charge in [0, 0.05) is 25.7 Å². The Labute approximate surface area is 126 Å². The van der Waals surface area contributed by atoms with Crippen molar-refractivity contribution in [3.63, 3.8) is 0 Å². The highest BCUT2D eigenvalue weighted by Gasteiger charge is 2.27. The molecule has 0 saturated heterocycles. The van der Waals surface area contributed by atoms with Gasteiger partial charge in [-0.1, -0.05) is 24.3 Å². The van der Waals surface area contributed by atoms with E-state index in [0.29, 0.717) is 24.0 Å². The smallest absolute Gasteiger partial charge is 0.243 e. The first-order valence-electron chi connectivity index (χ1n) is 7.56. The summed E-state index contributed by atoms with van der Waals surface area (Å²) >= 11 is 0. The molecule has 0 atom stereocenters. The van der Waals surface area contributed by atoms with Gasteiger partial charge in [-0.05, 0) is 43.4 Å². The van der Waals surface area contributed by atoms with Gasteiger partial charge in [0.05, 0.1) is 4.90 Å². The molecule has 0 bridgehead atoms. The second-order valence-electron chi connectivity index (χ2n) is 5.82. The second-order valence-corrected chi connectivity index (χ2v) is 7.72. The molecule has 1 saturated carbocycles. The maximum absolute atomic E-state index is 12.8. The zero-order chi connectivity index (χ0) is 14.9. The van der Waals surface area contributed by atoms with Gasteiger partial charge in [0.25, 0.3) is 0 Å². The minimum atomic E-state index is -3.38. The van der Waals surface area contributed by atoms with Gasteiger partial charge in [0.15, 0.2) is 0 Å². The Hall–Kier alpha value is -1.17. The molecule has 0 unspecified atom stereocenters. The number of benzene rings is 1. The first-order valence-corrected chi connectivity index (χ1v) is 9.00. The van der Waals surface area contributed by atoms with Crippen LogP contribution in [0.1, 0.15) is 30.4 Å². The summed E-state index contributed by atoms with van der Waals surface area (Å²) in [5.41, 5.74) is 1.95. The van der Waals surface area contributed by atoms with Gasteiger partial charge in [-0.3, -0.25) is 0 Å². The Balaban J connectivity index is 1.86. The molecular weight excluding hydrogens is 284 g/mol. The maximum Gasteiger partial charge on any atom is 0.243 e. The molecule has 1 aromatic rings. The Morgan fingerprint density at radius 3 is 2.76 bits per heavy atom. The first-order chi connectivity index (χ1) is 10.1. The molecule has 1 fully saturated rings. The Kier molecular flexibility index (Phi) is 4.15. The monoisotopic (exact) mass is 306 g/mol. The fourth-order valence-corrected chi connectivity index (χ4v) is 4.32. The SMILES string of the molecule is Cc1c(CNC2CC2)cccc1S(=O)(=O)N1CC=CCC1. The van der Waals surface area contributed by atoms with Crippen molar-refractivity contribution < 1.29 is 8.42 Å². The molecule has 1 aliphatic heterocycles. The summed E-state index contributed by atoms with van der Waals surface area (Å²) in [5.74, 6) is 0. The third kappa shape index (κ3) is 3.20. The molecule has 1 aromatic carbocycles. The lowest BCUT2D eigenvalue weighted by Gasteiger charge is -2.24. The first kappa shape index (κ1) is 14.8. The fraction of sp³-hybridized carbons (Fsp3) is 0.500. The summed E-state index contributed by atoms with van der Waals surface area (Å²) in [6, 6.07) is 6.21. The summed E-state index contributed by atoms with van der Waals surface area (Å²) < 4.78 is 27.1. The van der Waals surface area contributed by atoms with E-state index in [0.717, 1.165) is 24.1 Å². The highest BCUT2D eigenvalue weighted by molar-refractivity contribution is 7.89. The topological polar surface area (TPSA) is 49.4 Å². The number of nitrogens with one attached hydrogen (secondary N) is 1. The van der Waals surface area contributed by atoms with E-state index in [2.05, 4.69) is 5.32 Å². The van der Waals surface area contributed by atoms with Gasteiger partial charge in [0.1, 0.15) is 0 Å². The molecular formula is C16H22N2O2S. The number of hydrogen-bond acceptors (Lipinski definition) is 3. The number of sulfonamides is 1. The Morgan fingerprint density at radius 1 is 1.29 bits per heavy atom.